The fraction of sp³-hybridized carbons (Fsp3) is 0.929. The number of carboxylic acid groups (broad SMARTS) is 1. The maximum atomic E-state index is 11.1. The van der Waals surface area contributed by atoms with Crippen LogP contribution in [-0.4, -0.2) is 11.1 Å². The Kier molecular flexibility index (Phi) is 4.40. The highest BCUT2D eigenvalue weighted by Crippen LogP contribution is 2.38. The molecule has 0 bridgehead atoms. The number of aliphatic carboxylic acids is 1. The molecular weight excluding hydrogens is 200 g/mol. The molecule has 0 atom stereocenters. The van der Waals surface area contributed by atoms with E-state index in [0.717, 1.165) is 18.3 Å². The van der Waals surface area contributed by atoms with E-state index in [2.05, 4.69) is 13.8 Å². The largest absolute Gasteiger partial charge is 0.481 e. The molecule has 1 rings (SSSR count). The highest BCUT2D eigenvalue weighted by molar-refractivity contribution is 5.73. The topological polar surface area (TPSA) is 37.3 Å². The normalized spacial score (nSPS) is 27.1. The van der Waals surface area contributed by atoms with Gasteiger partial charge in [0.15, 0.2) is 0 Å². The third-order valence-corrected chi connectivity index (χ3v) is 4.21. The van der Waals surface area contributed by atoms with Crippen LogP contribution < -0.4 is 0 Å². The second-order valence-corrected chi connectivity index (χ2v) is 6.42. The molecule has 0 heterocycles. The molecule has 2 heteroatoms. The van der Waals surface area contributed by atoms with Gasteiger partial charge in [0.25, 0.3) is 0 Å². The van der Waals surface area contributed by atoms with Crippen LogP contribution in [0.25, 0.3) is 0 Å². The van der Waals surface area contributed by atoms with Crippen LogP contribution >= 0.6 is 0 Å². The second kappa shape index (κ2) is 5.20. The van der Waals surface area contributed by atoms with Gasteiger partial charge in [-0.25, -0.2) is 0 Å². The van der Waals surface area contributed by atoms with Gasteiger partial charge in [0, 0.05) is 0 Å². The van der Waals surface area contributed by atoms with Crippen molar-refractivity contribution in [2.75, 3.05) is 0 Å². The smallest absolute Gasteiger partial charge is 0.309 e. The maximum Gasteiger partial charge on any atom is 0.309 e. The van der Waals surface area contributed by atoms with Gasteiger partial charge in [-0.3, -0.25) is 4.79 Å². The number of carboxylic acids is 1. The van der Waals surface area contributed by atoms with Crippen molar-refractivity contribution in [1.82, 2.24) is 0 Å². The first-order chi connectivity index (χ1) is 7.33. The Morgan fingerprint density at radius 2 is 1.75 bits per heavy atom. The molecule has 16 heavy (non-hydrogen) atoms. The molecule has 1 aliphatic rings. The summed E-state index contributed by atoms with van der Waals surface area (Å²) >= 11 is 0. The van der Waals surface area contributed by atoms with Crippen molar-refractivity contribution < 1.29 is 9.90 Å². The summed E-state index contributed by atoms with van der Waals surface area (Å²) in [6.07, 6.45) is 5.86. The molecule has 0 aromatic heterocycles. The summed E-state index contributed by atoms with van der Waals surface area (Å²) in [5.41, 5.74) is -0.546. The number of carbonyl (C=O) groups is 1. The summed E-state index contributed by atoms with van der Waals surface area (Å²) in [6.45, 7) is 8.30. The molecule has 2 nitrogen and oxygen atoms in total. The minimum Gasteiger partial charge on any atom is -0.481 e. The average molecular weight is 226 g/mol. The van der Waals surface area contributed by atoms with Crippen LogP contribution in [0.15, 0.2) is 0 Å². The van der Waals surface area contributed by atoms with Crippen molar-refractivity contribution >= 4 is 5.97 Å². The van der Waals surface area contributed by atoms with E-state index in [1.54, 1.807) is 0 Å². The van der Waals surface area contributed by atoms with Crippen molar-refractivity contribution in [2.45, 2.75) is 59.8 Å². The fourth-order valence-corrected chi connectivity index (χ4v) is 2.87. The molecule has 0 unspecified atom stereocenters. The molecule has 94 valence electrons. The van der Waals surface area contributed by atoms with Crippen LogP contribution in [0.5, 0.6) is 0 Å². The highest BCUT2D eigenvalue weighted by Gasteiger charge is 2.32. The average Bonchev–Trinajstić information content (AvgIpc) is 2.17. The lowest BCUT2D eigenvalue weighted by Crippen LogP contribution is -2.29. The summed E-state index contributed by atoms with van der Waals surface area (Å²) < 4.78 is 0. The van der Waals surface area contributed by atoms with Gasteiger partial charge in [-0.05, 0) is 50.9 Å². The molecule has 1 fully saturated rings. The fourth-order valence-electron chi connectivity index (χ4n) is 2.87. The van der Waals surface area contributed by atoms with Gasteiger partial charge in [0.2, 0.25) is 0 Å². The van der Waals surface area contributed by atoms with Crippen LogP contribution in [0.3, 0.4) is 0 Å². The van der Waals surface area contributed by atoms with Crippen LogP contribution in [0.2, 0.25) is 0 Å². The minimum absolute atomic E-state index is 0.546. The van der Waals surface area contributed by atoms with Gasteiger partial charge >= 0.3 is 5.97 Å². The maximum absolute atomic E-state index is 11.1. The van der Waals surface area contributed by atoms with Crippen LogP contribution in [0.1, 0.15) is 59.8 Å². The molecule has 0 spiro atoms. The van der Waals surface area contributed by atoms with Crippen LogP contribution in [-0.2, 0) is 4.79 Å². The molecule has 1 aliphatic carbocycles. The number of hydrogen-bond acceptors (Lipinski definition) is 1. The molecule has 0 radical (unpaired) electrons. The molecule has 1 saturated carbocycles. The summed E-state index contributed by atoms with van der Waals surface area (Å²) in [7, 11) is 0. The van der Waals surface area contributed by atoms with E-state index in [0.29, 0.717) is 5.92 Å². The van der Waals surface area contributed by atoms with E-state index in [1.165, 1.54) is 25.7 Å². The quantitative estimate of drug-likeness (QED) is 0.788. The third-order valence-electron chi connectivity index (χ3n) is 4.21. The van der Waals surface area contributed by atoms with E-state index in [-0.39, 0.29) is 0 Å². The lowest BCUT2D eigenvalue weighted by Gasteiger charge is -2.34. The van der Waals surface area contributed by atoms with Crippen molar-refractivity contribution in [2.24, 2.45) is 23.2 Å². The Morgan fingerprint density at radius 3 is 2.12 bits per heavy atom. The van der Waals surface area contributed by atoms with Gasteiger partial charge in [-0.1, -0.05) is 26.7 Å². The van der Waals surface area contributed by atoms with E-state index in [9.17, 15) is 4.79 Å². The third kappa shape index (κ3) is 3.50. The predicted molar refractivity (Wildman–Crippen MR) is 66.3 cm³/mol. The van der Waals surface area contributed by atoms with Gasteiger partial charge in [0.1, 0.15) is 0 Å². The highest BCUT2D eigenvalue weighted by atomic mass is 16.4. The summed E-state index contributed by atoms with van der Waals surface area (Å²) in [5, 5.41) is 9.11. The molecule has 1 N–H and O–H groups in total. The molecule has 0 aliphatic heterocycles. The summed E-state index contributed by atoms with van der Waals surface area (Å²) in [4.78, 5) is 11.1. The number of hydrogen-bond donors (Lipinski definition) is 1. The van der Waals surface area contributed by atoms with Gasteiger partial charge in [-0.15, -0.1) is 0 Å². The Bertz CT molecular complexity index is 235. The Balaban J connectivity index is 2.40. The Hall–Kier alpha value is -0.530. The standard InChI is InChI=1S/C14H26O2/c1-10(2)12-7-5-11(6-8-12)9-14(3,4)13(15)16/h10-12H,5-9H2,1-4H3,(H,15,16). The molecular formula is C14H26O2. The van der Waals surface area contributed by atoms with Crippen molar-refractivity contribution in [3.63, 3.8) is 0 Å². The van der Waals surface area contributed by atoms with E-state index in [4.69, 9.17) is 5.11 Å². The molecule has 0 aromatic rings. The first kappa shape index (κ1) is 13.5. The van der Waals surface area contributed by atoms with E-state index < -0.39 is 11.4 Å². The van der Waals surface area contributed by atoms with Crippen LogP contribution in [0, 0.1) is 23.2 Å². The van der Waals surface area contributed by atoms with Gasteiger partial charge < -0.3 is 5.11 Å². The Morgan fingerprint density at radius 1 is 1.25 bits per heavy atom. The lowest BCUT2D eigenvalue weighted by atomic mass is 9.71. The molecule has 0 aromatic carbocycles. The monoisotopic (exact) mass is 226 g/mol. The van der Waals surface area contributed by atoms with Crippen molar-refractivity contribution in [3.8, 4) is 0 Å². The molecule has 0 saturated heterocycles. The van der Waals surface area contributed by atoms with Crippen molar-refractivity contribution in [3.05, 3.63) is 0 Å². The van der Waals surface area contributed by atoms with E-state index in [1.807, 2.05) is 13.8 Å². The molecule has 0 amide bonds. The number of rotatable bonds is 4. The predicted octanol–water partition coefficient (Wildman–Crippen LogP) is 3.95. The zero-order chi connectivity index (χ0) is 12.3. The first-order valence-corrected chi connectivity index (χ1v) is 6.56. The van der Waals surface area contributed by atoms with Crippen LogP contribution in [0.4, 0.5) is 0 Å². The zero-order valence-electron chi connectivity index (χ0n) is 11.1. The first-order valence-electron chi connectivity index (χ1n) is 6.56. The minimum atomic E-state index is -0.654. The summed E-state index contributed by atoms with van der Waals surface area (Å²) in [6, 6.07) is 0. The Labute approximate surface area is 99.4 Å². The van der Waals surface area contributed by atoms with E-state index >= 15 is 0 Å². The van der Waals surface area contributed by atoms with Crippen molar-refractivity contribution in [1.29, 1.82) is 0 Å². The SMILES string of the molecule is CC(C)C1CCC(CC(C)(C)C(=O)O)CC1. The van der Waals surface area contributed by atoms with Gasteiger partial charge in [0.05, 0.1) is 5.41 Å². The second-order valence-electron chi connectivity index (χ2n) is 6.42. The summed E-state index contributed by atoms with van der Waals surface area (Å²) in [5.74, 6) is 1.62. The van der Waals surface area contributed by atoms with Gasteiger partial charge in [-0.2, -0.15) is 0 Å². The zero-order valence-corrected chi connectivity index (χ0v) is 11.1. The lowest BCUT2D eigenvalue weighted by molar-refractivity contribution is -0.148.